The zero-order valence-electron chi connectivity index (χ0n) is 21.8. The fourth-order valence-corrected chi connectivity index (χ4v) is 5.37. The third kappa shape index (κ3) is 7.03. The van der Waals surface area contributed by atoms with Gasteiger partial charge in [-0.15, -0.1) is 0 Å². The Morgan fingerprint density at radius 3 is 2.26 bits per heavy atom. The molecule has 1 amide bonds. The maximum Gasteiger partial charge on any atom is 0.416 e. The summed E-state index contributed by atoms with van der Waals surface area (Å²) in [5.41, 5.74) is 1.33. The number of benzene rings is 3. The number of hydrogen-bond acceptors (Lipinski definition) is 3. The van der Waals surface area contributed by atoms with E-state index in [0.29, 0.717) is 43.9 Å². The van der Waals surface area contributed by atoms with Gasteiger partial charge in [-0.25, -0.2) is 0 Å². The minimum Gasteiger partial charge on any atom is -0.387 e. The van der Waals surface area contributed by atoms with Crippen molar-refractivity contribution in [3.05, 3.63) is 107 Å². The minimum atomic E-state index is -4.43. The van der Waals surface area contributed by atoms with E-state index in [1.807, 2.05) is 67.3 Å². The molecule has 3 unspecified atom stereocenters. The minimum absolute atomic E-state index is 0.0788. The Morgan fingerprint density at radius 1 is 0.974 bits per heavy atom. The van der Waals surface area contributed by atoms with Crippen molar-refractivity contribution in [3.8, 4) is 0 Å². The predicted molar refractivity (Wildman–Crippen MR) is 143 cm³/mol. The van der Waals surface area contributed by atoms with Crippen LogP contribution in [0.15, 0.2) is 84.9 Å². The molecule has 3 aromatic rings. The predicted octanol–water partition coefficient (Wildman–Crippen LogP) is 6.25. The van der Waals surface area contributed by atoms with Crippen LogP contribution in [-0.2, 0) is 6.18 Å². The van der Waals surface area contributed by atoms with Gasteiger partial charge in [0.15, 0.2) is 0 Å². The molecule has 0 saturated carbocycles. The van der Waals surface area contributed by atoms with E-state index in [2.05, 4.69) is 4.90 Å². The summed E-state index contributed by atoms with van der Waals surface area (Å²) in [6.45, 7) is 6.51. The summed E-state index contributed by atoms with van der Waals surface area (Å²) in [5, 5.41) is 10.9. The number of aliphatic hydroxyl groups is 1. The third-order valence-electron chi connectivity index (χ3n) is 7.12. The first-order chi connectivity index (χ1) is 18.1. The molecule has 38 heavy (non-hydrogen) atoms. The first-order valence-corrected chi connectivity index (χ1v) is 13.1. The number of rotatable bonds is 9. The molecule has 0 bridgehead atoms. The second kappa shape index (κ2) is 12.1. The molecule has 1 saturated heterocycles. The lowest BCUT2D eigenvalue weighted by Gasteiger charge is -2.30. The first-order valence-electron chi connectivity index (χ1n) is 13.1. The van der Waals surface area contributed by atoms with Crippen LogP contribution in [0.5, 0.6) is 0 Å². The highest BCUT2D eigenvalue weighted by atomic mass is 19.4. The average molecular weight is 525 g/mol. The molecule has 0 aliphatic carbocycles. The van der Waals surface area contributed by atoms with Gasteiger partial charge in [0.05, 0.1) is 11.7 Å². The monoisotopic (exact) mass is 524 g/mol. The van der Waals surface area contributed by atoms with Crippen LogP contribution in [-0.4, -0.2) is 53.5 Å². The number of alkyl halides is 3. The van der Waals surface area contributed by atoms with Gasteiger partial charge in [0.25, 0.3) is 5.91 Å². The summed E-state index contributed by atoms with van der Waals surface area (Å²) in [6, 6.07) is 24.0. The molecule has 1 fully saturated rings. The lowest BCUT2D eigenvalue weighted by atomic mass is 9.87. The van der Waals surface area contributed by atoms with E-state index in [-0.39, 0.29) is 23.7 Å². The molecule has 3 aromatic carbocycles. The Bertz CT molecular complexity index is 1180. The topological polar surface area (TPSA) is 43.8 Å². The number of likely N-dealkylation sites (tertiary alicyclic amines) is 1. The van der Waals surface area contributed by atoms with Crippen LogP contribution >= 0.6 is 0 Å². The molecule has 4 nitrogen and oxygen atoms in total. The van der Waals surface area contributed by atoms with Crippen molar-refractivity contribution in [2.75, 3.05) is 32.7 Å². The Hall–Kier alpha value is -3.16. The SMILES string of the molecule is CC(C)CN(CC1CN(CC(O)c2ccccc2)CC1c1cccc(C(F)(F)F)c1)C(=O)c1ccccc1. The molecule has 7 heteroatoms. The smallest absolute Gasteiger partial charge is 0.387 e. The summed E-state index contributed by atoms with van der Waals surface area (Å²) in [4.78, 5) is 17.4. The fourth-order valence-electron chi connectivity index (χ4n) is 5.37. The van der Waals surface area contributed by atoms with Crippen molar-refractivity contribution in [3.63, 3.8) is 0 Å². The summed E-state index contributed by atoms with van der Waals surface area (Å²) in [6.07, 6.45) is -5.14. The Morgan fingerprint density at radius 2 is 1.63 bits per heavy atom. The molecule has 0 radical (unpaired) electrons. The third-order valence-corrected chi connectivity index (χ3v) is 7.12. The Kier molecular flexibility index (Phi) is 8.90. The van der Waals surface area contributed by atoms with Gasteiger partial charge in [-0.2, -0.15) is 13.2 Å². The van der Waals surface area contributed by atoms with Crippen molar-refractivity contribution in [1.82, 2.24) is 9.80 Å². The molecule has 202 valence electrons. The number of aliphatic hydroxyl groups excluding tert-OH is 1. The van der Waals surface area contributed by atoms with E-state index >= 15 is 0 Å². The highest BCUT2D eigenvalue weighted by molar-refractivity contribution is 5.94. The zero-order chi connectivity index (χ0) is 27.3. The molecule has 4 rings (SSSR count). The molecule has 1 N–H and O–H groups in total. The standard InChI is InChI=1S/C31H35F3N2O2/c1-22(2)17-36(30(38)24-12-7-4-8-13-24)19-26-18-35(21-29(37)23-10-5-3-6-11-23)20-28(26)25-14-9-15-27(16-25)31(32,33)34/h3-16,22,26,28-29,37H,17-21H2,1-2H3. The summed E-state index contributed by atoms with van der Waals surface area (Å²) in [7, 11) is 0. The highest BCUT2D eigenvalue weighted by Crippen LogP contribution is 2.37. The van der Waals surface area contributed by atoms with Crippen LogP contribution in [0.2, 0.25) is 0 Å². The maximum absolute atomic E-state index is 13.5. The van der Waals surface area contributed by atoms with Gasteiger partial charge in [0.1, 0.15) is 0 Å². The molecule has 1 aliphatic heterocycles. The second-order valence-electron chi connectivity index (χ2n) is 10.6. The van der Waals surface area contributed by atoms with E-state index in [1.54, 1.807) is 18.2 Å². The van der Waals surface area contributed by atoms with Gasteiger partial charge in [-0.3, -0.25) is 9.69 Å². The number of carbonyl (C=O) groups is 1. The van der Waals surface area contributed by atoms with Crippen molar-refractivity contribution in [2.24, 2.45) is 11.8 Å². The summed E-state index contributed by atoms with van der Waals surface area (Å²) >= 11 is 0. The van der Waals surface area contributed by atoms with E-state index in [4.69, 9.17) is 0 Å². The molecular weight excluding hydrogens is 489 g/mol. The molecule has 0 aromatic heterocycles. The van der Waals surface area contributed by atoms with E-state index in [0.717, 1.165) is 11.6 Å². The van der Waals surface area contributed by atoms with Crippen molar-refractivity contribution in [1.29, 1.82) is 0 Å². The lowest BCUT2D eigenvalue weighted by Crippen LogP contribution is -2.39. The molecule has 3 atom stereocenters. The molecule has 0 spiro atoms. The summed E-state index contributed by atoms with van der Waals surface area (Å²) in [5.74, 6) is -0.150. The van der Waals surface area contributed by atoms with Crippen molar-refractivity contribution in [2.45, 2.75) is 32.0 Å². The van der Waals surface area contributed by atoms with Crippen LogP contribution in [0.3, 0.4) is 0 Å². The van der Waals surface area contributed by atoms with Gasteiger partial charge < -0.3 is 10.0 Å². The second-order valence-corrected chi connectivity index (χ2v) is 10.6. The zero-order valence-corrected chi connectivity index (χ0v) is 21.8. The lowest BCUT2D eigenvalue weighted by molar-refractivity contribution is -0.137. The van der Waals surface area contributed by atoms with Crippen molar-refractivity contribution >= 4 is 5.91 Å². The van der Waals surface area contributed by atoms with Crippen LogP contribution in [0.1, 0.15) is 52.9 Å². The number of halogens is 3. The van der Waals surface area contributed by atoms with Gasteiger partial charge in [0, 0.05) is 44.2 Å². The number of carbonyl (C=O) groups excluding carboxylic acids is 1. The number of β-amino-alcohol motifs (C(OH)–C–C–N with tert-alkyl or cyclic N) is 1. The Labute approximate surface area is 222 Å². The van der Waals surface area contributed by atoms with Crippen molar-refractivity contribution < 1.29 is 23.1 Å². The number of amides is 1. The van der Waals surface area contributed by atoms with Crippen LogP contribution in [0.4, 0.5) is 13.2 Å². The van der Waals surface area contributed by atoms with Gasteiger partial charge >= 0.3 is 6.18 Å². The molecular formula is C31H35F3N2O2. The van der Waals surface area contributed by atoms with Crippen LogP contribution in [0, 0.1) is 11.8 Å². The molecule has 1 heterocycles. The maximum atomic E-state index is 13.5. The number of hydrogen-bond donors (Lipinski definition) is 1. The molecule has 1 aliphatic rings. The van der Waals surface area contributed by atoms with Gasteiger partial charge in [-0.05, 0) is 41.2 Å². The van der Waals surface area contributed by atoms with Crippen LogP contribution in [0.25, 0.3) is 0 Å². The van der Waals surface area contributed by atoms with Crippen LogP contribution < -0.4 is 0 Å². The van der Waals surface area contributed by atoms with E-state index < -0.39 is 17.8 Å². The summed E-state index contributed by atoms with van der Waals surface area (Å²) < 4.78 is 40.6. The Balaban J connectivity index is 1.61. The largest absolute Gasteiger partial charge is 0.416 e. The quantitative estimate of drug-likeness (QED) is 0.360. The average Bonchev–Trinajstić information content (AvgIpc) is 3.30. The normalized spacial score (nSPS) is 19.0. The van der Waals surface area contributed by atoms with Gasteiger partial charge in [0.2, 0.25) is 0 Å². The fraction of sp³-hybridized carbons (Fsp3) is 0.387. The van der Waals surface area contributed by atoms with Gasteiger partial charge in [-0.1, -0.05) is 80.6 Å². The van der Waals surface area contributed by atoms with E-state index in [9.17, 15) is 23.1 Å². The number of nitrogens with zero attached hydrogens (tertiary/aromatic N) is 2. The first kappa shape index (κ1) is 27.9. The van der Waals surface area contributed by atoms with E-state index in [1.165, 1.54) is 12.1 Å². The highest BCUT2D eigenvalue weighted by Gasteiger charge is 2.38.